The Hall–Kier alpha value is -1.90. The average molecular weight is 538 g/mol. The molecule has 168 valence electrons. The lowest BCUT2D eigenvalue weighted by atomic mass is 9.84. The molecule has 31 heavy (non-hydrogen) atoms. The van der Waals surface area contributed by atoms with E-state index in [-0.39, 0.29) is 18.5 Å². The first kappa shape index (κ1) is 23.8. The maximum Gasteiger partial charge on any atom is 0.311 e. The van der Waals surface area contributed by atoms with Crippen LogP contribution in [0.15, 0.2) is 24.3 Å². The lowest BCUT2D eigenvalue weighted by Crippen LogP contribution is -2.19. The lowest BCUT2D eigenvalue weighted by molar-refractivity contribution is -0.142. The van der Waals surface area contributed by atoms with Crippen molar-refractivity contribution in [3.8, 4) is 0 Å². The molecule has 1 aromatic carbocycles. The SMILES string of the molecule is CCCCc1nc(I)c(COC(C)=O)n1Cc1ccc(C(C(=O)O)C2CCCC2)cc1. The molecule has 0 amide bonds. The minimum atomic E-state index is -0.727. The third kappa shape index (κ3) is 6.08. The summed E-state index contributed by atoms with van der Waals surface area (Å²) in [6, 6.07) is 7.97. The predicted molar refractivity (Wildman–Crippen MR) is 127 cm³/mol. The number of carbonyl (C=O) groups is 2. The summed E-state index contributed by atoms with van der Waals surface area (Å²) in [6.45, 7) is 4.38. The first-order valence-electron chi connectivity index (χ1n) is 11.1. The third-order valence-corrected chi connectivity index (χ3v) is 6.95. The van der Waals surface area contributed by atoms with Gasteiger partial charge >= 0.3 is 11.9 Å². The van der Waals surface area contributed by atoms with Crippen LogP contribution in [-0.2, 0) is 33.9 Å². The smallest absolute Gasteiger partial charge is 0.311 e. The quantitative estimate of drug-likeness (QED) is 0.328. The number of hydrogen-bond acceptors (Lipinski definition) is 4. The van der Waals surface area contributed by atoms with Crippen molar-refractivity contribution in [2.75, 3.05) is 0 Å². The van der Waals surface area contributed by atoms with Gasteiger partial charge in [-0.2, -0.15) is 0 Å². The molecule has 1 aliphatic carbocycles. The number of aryl methyl sites for hydroxylation is 1. The van der Waals surface area contributed by atoms with Gasteiger partial charge < -0.3 is 14.4 Å². The standard InChI is InChI=1S/C24H31IN2O4/c1-3-4-9-21-26-23(25)20(15-31-16(2)28)27(21)14-17-10-12-19(13-11-17)22(24(29)30)18-7-5-6-8-18/h10-13,18,22H,3-9,14-15H2,1-2H3,(H,29,30). The summed E-state index contributed by atoms with van der Waals surface area (Å²) in [5.74, 6) is -0.240. The van der Waals surface area contributed by atoms with E-state index >= 15 is 0 Å². The Morgan fingerprint density at radius 3 is 2.52 bits per heavy atom. The maximum atomic E-state index is 11.9. The van der Waals surface area contributed by atoms with Gasteiger partial charge in [0.1, 0.15) is 16.1 Å². The molecule has 3 rings (SSSR count). The molecule has 0 bridgehead atoms. The number of benzene rings is 1. The molecule has 2 aromatic rings. The highest BCUT2D eigenvalue weighted by atomic mass is 127. The number of rotatable bonds is 10. The van der Waals surface area contributed by atoms with E-state index in [1.54, 1.807) is 0 Å². The Balaban J connectivity index is 1.83. The molecule has 1 N–H and O–H groups in total. The molecule has 1 aliphatic rings. The van der Waals surface area contributed by atoms with Crippen LogP contribution in [0, 0.1) is 9.62 Å². The van der Waals surface area contributed by atoms with Gasteiger partial charge in [-0.15, -0.1) is 0 Å². The lowest BCUT2D eigenvalue weighted by Gasteiger charge is -2.20. The average Bonchev–Trinajstić information content (AvgIpc) is 3.34. The molecule has 7 heteroatoms. The predicted octanol–water partition coefficient (Wildman–Crippen LogP) is 5.30. The summed E-state index contributed by atoms with van der Waals surface area (Å²) in [5, 5.41) is 9.80. The number of carboxylic acid groups (broad SMARTS) is 1. The molecule has 1 heterocycles. The maximum absolute atomic E-state index is 11.9. The number of ether oxygens (including phenoxy) is 1. The van der Waals surface area contributed by atoms with Crippen molar-refractivity contribution in [1.29, 1.82) is 0 Å². The number of hydrogen-bond donors (Lipinski definition) is 1. The summed E-state index contributed by atoms with van der Waals surface area (Å²) >= 11 is 2.20. The zero-order chi connectivity index (χ0) is 22.4. The summed E-state index contributed by atoms with van der Waals surface area (Å²) < 4.78 is 8.26. The molecular formula is C24H31IN2O4. The Kier molecular flexibility index (Phi) is 8.51. The van der Waals surface area contributed by atoms with Gasteiger partial charge in [0.15, 0.2) is 0 Å². The molecule has 1 unspecified atom stereocenters. The van der Waals surface area contributed by atoms with Crippen LogP contribution >= 0.6 is 22.6 Å². The van der Waals surface area contributed by atoms with Gasteiger partial charge in [-0.3, -0.25) is 9.59 Å². The van der Waals surface area contributed by atoms with Gasteiger partial charge in [0.25, 0.3) is 0 Å². The molecule has 6 nitrogen and oxygen atoms in total. The van der Waals surface area contributed by atoms with Gasteiger partial charge in [0.05, 0.1) is 11.6 Å². The number of halogens is 1. The van der Waals surface area contributed by atoms with Gasteiger partial charge in [0.2, 0.25) is 0 Å². The van der Waals surface area contributed by atoms with E-state index in [9.17, 15) is 14.7 Å². The van der Waals surface area contributed by atoms with Crippen LogP contribution in [0.2, 0.25) is 0 Å². The van der Waals surface area contributed by atoms with Crippen molar-refractivity contribution in [2.45, 2.75) is 77.9 Å². The van der Waals surface area contributed by atoms with Crippen LogP contribution in [-0.4, -0.2) is 26.6 Å². The van der Waals surface area contributed by atoms with Crippen molar-refractivity contribution in [2.24, 2.45) is 5.92 Å². The Bertz CT molecular complexity index is 901. The van der Waals surface area contributed by atoms with E-state index in [1.807, 2.05) is 24.3 Å². The zero-order valence-corrected chi connectivity index (χ0v) is 20.4. The Labute approximate surface area is 197 Å². The second-order valence-electron chi connectivity index (χ2n) is 8.34. The number of carboxylic acids is 1. The second-order valence-corrected chi connectivity index (χ2v) is 9.36. The fraction of sp³-hybridized carbons (Fsp3) is 0.542. The number of aromatic nitrogens is 2. The van der Waals surface area contributed by atoms with Crippen molar-refractivity contribution in [3.05, 3.63) is 50.6 Å². The normalized spacial score (nSPS) is 15.2. The van der Waals surface area contributed by atoms with E-state index in [2.05, 4.69) is 34.1 Å². The van der Waals surface area contributed by atoms with E-state index in [1.165, 1.54) is 6.92 Å². The van der Waals surface area contributed by atoms with Crippen LogP contribution in [0.1, 0.15) is 80.9 Å². The Morgan fingerprint density at radius 1 is 1.26 bits per heavy atom. The molecule has 1 fully saturated rings. The first-order valence-corrected chi connectivity index (χ1v) is 12.2. The number of carbonyl (C=O) groups excluding carboxylic acids is 1. The highest BCUT2D eigenvalue weighted by Crippen LogP contribution is 2.37. The van der Waals surface area contributed by atoms with Gasteiger partial charge in [0, 0.05) is 19.9 Å². The highest BCUT2D eigenvalue weighted by Gasteiger charge is 2.31. The van der Waals surface area contributed by atoms with Crippen LogP contribution in [0.25, 0.3) is 0 Å². The largest absolute Gasteiger partial charge is 0.481 e. The molecular weight excluding hydrogens is 507 g/mol. The molecule has 0 saturated heterocycles. The molecule has 1 aromatic heterocycles. The van der Waals surface area contributed by atoms with E-state index in [0.29, 0.717) is 6.54 Å². The molecule has 0 spiro atoms. The summed E-state index contributed by atoms with van der Waals surface area (Å²) in [4.78, 5) is 28.0. The number of unbranched alkanes of at least 4 members (excludes halogenated alkanes) is 1. The summed E-state index contributed by atoms with van der Waals surface area (Å²) in [5.41, 5.74) is 2.87. The van der Waals surface area contributed by atoms with E-state index < -0.39 is 11.9 Å². The first-order chi connectivity index (χ1) is 14.9. The number of esters is 1. The van der Waals surface area contributed by atoms with Gasteiger partial charge in [-0.25, -0.2) is 4.98 Å². The van der Waals surface area contributed by atoms with Crippen molar-refractivity contribution in [1.82, 2.24) is 9.55 Å². The molecule has 1 saturated carbocycles. The molecule has 1 atom stereocenters. The summed E-state index contributed by atoms with van der Waals surface area (Å²) in [7, 11) is 0. The van der Waals surface area contributed by atoms with Crippen molar-refractivity contribution in [3.63, 3.8) is 0 Å². The van der Waals surface area contributed by atoms with Crippen LogP contribution in [0.4, 0.5) is 0 Å². The third-order valence-electron chi connectivity index (χ3n) is 6.09. The van der Waals surface area contributed by atoms with Gasteiger partial charge in [-0.05, 0) is 58.9 Å². The van der Waals surface area contributed by atoms with E-state index in [0.717, 1.165) is 71.3 Å². The topological polar surface area (TPSA) is 81.4 Å². The minimum Gasteiger partial charge on any atom is -0.481 e. The fourth-order valence-corrected chi connectivity index (χ4v) is 5.17. The summed E-state index contributed by atoms with van der Waals surface area (Å²) in [6.07, 6.45) is 7.22. The number of imidazole rings is 1. The minimum absolute atomic E-state index is 0.202. The van der Waals surface area contributed by atoms with Crippen LogP contribution < -0.4 is 0 Å². The zero-order valence-electron chi connectivity index (χ0n) is 18.3. The fourth-order valence-electron chi connectivity index (χ4n) is 4.45. The van der Waals surface area contributed by atoms with Crippen LogP contribution in [0.3, 0.4) is 0 Å². The van der Waals surface area contributed by atoms with Gasteiger partial charge in [-0.1, -0.05) is 50.5 Å². The monoisotopic (exact) mass is 538 g/mol. The second kappa shape index (κ2) is 11.1. The number of aliphatic carboxylic acids is 1. The van der Waals surface area contributed by atoms with Crippen molar-refractivity contribution >= 4 is 34.5 Å². The number of nitrogens with zero attached hydrogens (tertiary/aromatic N) is 2. The molecule has 0 radical (unpaired) electrons. The molecule has 0 aliphatic heterocycles. The highest BCUT2D eigenvalue weighted by molar-refractivity contribution is 14.1. The van der Waals surface area contributed by atoms with E-state index in [4.69, 9.17) is 9.72 Å². The Morgan fingerprint density at radius 2 is 1.94 bits per heavy atom. The van der Waals surface area contributed by atoms with Crippen molar-refractivity contribution < 1.29 is 19.4 Å². The van der Waals surface area contributed by atoms with Crippen LogP contribution in [0.5, 0.6) is 0 Å².